The Morgan fingerprint density at radius 1 is 1.03 bits per heavy atom. The molecule has 2 aromatic carbocycles. The molecule has 2 N–H and O–H groups in total. The quantitative estimate of drug-likeness (QED) is 0.446. The van der Waals surface area contributed by atoms with Crippen LogP contribution in [0.1, 0.15) is 54.0 Å². The number of aliphatic hydroxyl groups excluding tert-OH is 2. The van der Waals surface area contributed by atoms with Gasteiger partial charge in [-0.3, -0.25) is 4.79 Å². The van der Waals surface area contributed by atoms with Gasteiger partial charge in [0.15, 0.2) is 0 Å². The van der Waals surface area contributed by atoms with Gasteiger partial charge in [-0.05, 0) is 80.1 Å². The number of methoxy groups -OCH3 is 2. The summed E-state index contributed by atoms with van der Waals surface area (Å²) in [4.78, 5) is 15.2. The van der Waals surface area contributed by atoms with Gasteiger partial charge in [0.25, 0.3) is 0 Å². The molecule has 0 aliphatic rings. The number of carbonyl (C=O) groups is 1. The fourth-order valence-electron chi connectivity index (χ4n) is 4.41. The Morgan fingerprint density at radius 3 is 2.36 bits per heavy atom. The summed E-state index contributed by atoms with van der Waals surface area (Å²) < 4.78 is 10.6. The fourth-order valence-corrected chi connectivity index (χ4v) is 4.41. The third-order valence-corrected chi connectivity index (χ3v) is 6.68. The first-order valence-corrected chi connectivity index (χ1v) is 11.6. The summed E-state index contributed by atoms with van der Waals surface area (Å²) in [5.41, 5.74) is 3.73. The van der Waals surface area contributed by atoms with Gasteiger partial charge in [0, 0.05) is 6.54 Å². The number of likely N-dealkylation sites (N-methyl/N-ethyl adjacent to an activating group) is 1. The van der Waals surface area contributed by atoms with E-state index in [1.807, 2.05) is 26.0 Å². The first-order valence-electron chi connectivity index (χ1n) is 11.6. The monoisotopic (exact) mass is 457 g/mol. The predicted octanol–water partition coefficient (Wildman–Crippen LogP) is 3.76. The first kappa shape index (κ1) is 26.8. The van der Waals surface area contributed by atoms with Crippen molar-refractivity contribution in [1.82, 2.24) is 4.90 Å². The highest BCUT2D eigenvalue weighted by atomic mass is 16.5. The Balaban J connectivity index is 2.07. The zero-order chi connectivity index (χ0) is 24.4. The van der Waals surface area contributed by atoms with Crippen molar-refractivity contribution in [2.75, 3.05) is 34.4 Å². The Bertz CT molecular complexity index is 913. The van der Waals surface area contributed by atoms with E-state index in [4.69, 9.17) is 9.47 Å². The van der Waals surface area contributed by atoms with Gasteiger partial charge < -0.3 is 24.6 Å². The zero-order valence-electron chi connectivity index (χ0n) is 20.7. The van der Waals surface area contributed by atoms with Crippen LogP contribution in [-0.4, -0.2) is 55.4 Å². The van der Waals surface area contributed by atoms with Crippen molar-refractivity contribution in [3.05, 3.63) is 64.2 Å². The molecule has 0 saturated carbocycles. The van der Waals surface area contributed by atoms with Gasteiger partial charge in [0.05, 0.1) is 32.8 Å². The van der Waals surface area contributed by atoms with E-state index in [9.17, 15) is 15.0 Å². The highest BCUT2D eigenvalue weighted by Gasteiger charge is 2.39. The van der Waals surface area contributed by atoms with Crippen molar-refractivity contribution in [1.29, 1.82) is 0 Å². The lowest BCUT2D eigenvalue weighted by Gasteiger charge is -2.32. The van der Waals surface area contributed by atoms with Crippen LogP contribution < -0.4 is 4.74 Å². The van der Waals surface area contributed by atoms with E-state index in [0.717, 1.165) is 42.8 Å². The second kappa shape index (κ2) is 12.7. The lowest BCUT2D eigenvalue weighted by molar-refractivity contribution is -0.148. The summed E-state index contributed by atoms with van der Waals surface area (Å²) in [7, 11) is 5.21. The largest absolute Gasteiger partial charge is 0.496 e. The predicted molar refractivity (Wildman–Crippen MR) is 130 cm³/mol. The van der Waals surface area contributed by atoms with Crippen LogP contribution in [0.15, 0.2) is 36.4 Å². The van der Waals surface area contributed by atoms with Gasteiger partial charge in [0.1, 0.15) is 5.75 Å². The number of hydrogen-bond donors (Lipinski definition) is 2. The van der Waals surface area contributed by atoms with Gasteiger partial charge in [-0.25, -0.2) is 0 Å². The minimum atomic E-state index is -0.780. The molecule has 0 aliphatic carbocycles. The van der Waals surface area contributed by atoms with Crippen molar-refractivity contribution in [3.8, 4) is 5.75 Å². The second-order valence-corrected chi connectivity index (χ2v) is 8.69. The van der Waals surface area contributed by atoms with Crippen molar-refractivity contribution >= 4 is 5.97 Å². The lowest BCUT2D eigenvalue weighted by Crippen LogP contribution is -2.37. The smallest absolute Gasteiger partial charge is 0.316 e. The molecule has 1 unspecified atom stereocenters. The van der Waals surface area contributed by atoms with Crippen molar-refractivity contribution < 1.29 is 24.5 Å². The fraction of sp³-hybridized carbons (Fsp3) is 0.519. The minimum Gasteiger partial charge on any atom is -0.496 e. The highest BCUT2D eigenvalue weighted by Crippen LogP contribution is 2.36. The van der Waals surface area contributed by atoms with Crippen LogP contribution in [0.25, 0.3) is 0 Å². The van der Waals surface area contributed by atoms with Crippen molar-refractivity contribution in [3.63, 3.8) is 0 Å². The minimum absolute atomic E-state index is 0.148. The van der Waals surface area contributed by atoms with Crippen LogP contribution in [0.2, 0.25) is 0 Å². The molecular formula is C27H39NO5. The van der Waals surface area contributed by atoms with Gasteiger partial charge >= 0.3 is 5.97 Å². The van der Waals surface area contributed by atoms with E-state index in [0.29, 0.717) is 24.0 Å². The number of rotatable bonds is 13. The number of aliphatic hydroxyl groups is 2. The van der Waals surface area contributed by atoms with E-state index in [1.54, 1.807) is 13.2 Å². The van der Waals surface area contributed by atoms with Crippen LogP contribution in [-0.2, 0) is 34.6 Å². The number of hydrogen-bond acceptors (Lipinski definition) is 6. The van der Waals surface area contributed by atoms with E-state index >= 15 is 0 Å². The topological polar surface area (TPSA) is 79.2 Å². The van der Waals surface area contributed by atoms with Crippen molar-refractivity contribution in [2.45, 2.75) is 58.2 Å². The summed E-state index contributed by atoms with van der Waals surface area (Å²) >= 11 is 0. The lowest BCUT2D eigenvalue weighted by atomic mass is 9.73. The number of aryl methyl sites for hydroxylation is 1. The number of carbonyl (C=O) groups excluding carboxylic acids is 1. The average molecular weight is 458 g/mol. The van der Waals surface area contributed by atoms with Gasteiger partial charge in [-0.1, -0.05) is 37.3 Å². The first-order chi connectivity index (χ1) is 15.8. The maximum absolute atomic E-state index is 12.9. The summed E-state index contributed by atoms with van der Waals surface area (Å²) in [6.07, 6.45) is 2.98. The number of nitrogens with zero attached hydrogens (tertiary/aromatic N) is 1. The summed E-state index contributed by atoms with van der Waals surface area (Å²) in [5, 5.41) is 19.2. The SMILES string of the molecule is CCC(CCCN(C)CCc1ccc(C)c(OC)c1)(C(=O)OC)c1ccc(CO)c(CO)c1. The molecule has 0 heterocycles. The second-order valence-electron chi connectivity index (χ2n) is 8.69. The van der Waals surface area contributed by atoms with E-state index in [2.05, 4.69) is 30.1 Å². The number of esters is 1. The Morgan fingerprint density at radius 2 is 1.76 bits per heavy atom. The average Bonchev–Trinajstić information content (AvgIpc) is 2.85. The standard InChI is InChI=1S/C27H39NO5/c1-6-27(26(31)33-5,24-11-10-22(18-29)23(17-24)19-30)13-7-14-28(3)15-12-21-9-8-20(2)25(16-21)32-4/h8-11,16-17,29-30H,6-7,12-15,18-19H2,1-5H3. The third kappa shape index (κ3) is 6.56. The van der Waals surface area contributed by atoms with E-state index < -0.39 is 5.41 Å². The molecule has 182 valence electrons. The zero-order valence-corrected chi connectivity index (χ0v) is 20.7. The molecule has 0 aliphatic heterocycles. The number of benzene rings is 2. The Labute approximate surface area is 198 Å². The third-order valence-electron chi connectivity index (χ3n) is 6.68. The number of ether oxygens (including phenoxy) is 2. The molecule has 0 spiro atoms. The molecule has 0 amide bonds. The van der Waals surface area contributed by atoms with Crippen LogP contribution in [0.3, 0.4) is 0 Å². The molecule has 0 radical (unpaired) electrons. The maximum Gasteiger partial charge on any atom is 0.316 e. The Kier molecular flexibility index (Phi) is 10.4. The summed E-state index contributed by atoms with van der Waals surface area (Å²) in [5.74, 6) is 0.649. The molecule has 2 aromatic rings. The van der Waals surface area contributed by atoms with Crippen LogP contribution >= 0.6 is 0 Å². The molecule has 6 nitrogen and oxygen atoms in total. The van der Waals surface area contributed by atoms with Crippen LogP contribution in [0.5, 0.6) is 5.75 Å². The van der Waals surface area contributed by atoms with Crippen LogP contribution in [0, 0.1) is 6.92 Å². The maximum atomic E-state index is 12.9. The molecule has 6 heteroatoms. The normalized spacial score (nSPS) is 13.1. The Hall–Kier alpha value is -2.41. The molecular weight excluding hydrogens is 418 g/mol. The van der Waals surface area contributed by atoms with Crippen molar-refractivity contribution in [2.24, 2.45) is 0 Å². The molecule has 0 saturated heterocycles. The van der Waals surface area contributed by atoms with Gasteiger partial charge in [-0.15, -0.1) is 0 Å². The molecule has 0 fully saturated rings. The van der Waals surface area contributed by atoms with E-state index in [-0.39, 0.29) is 19.2 Å². The summed E-state index contributed by atoms with van der Waals surface area (Å²) in [6, 6.07) is 11.8. The summed E-state index contributed by atoms with van der Waals surface area (Å²) in [6.45, 7) is 5.45. The van der Waals surface area contributed by atoms with Gasteiger partial charge in [0.2, 0.25) is 0 Å². The molecule has 0 aromatic heterocycles. The molecule has 1 atom stereocenters. The molecule has 2 rings (SSSR count). The van der Waals surface area contributed by atoms with Gasteiger partial charge in [-0.2, -0.15) is 0 Å². The highest BCUT2D eigenvalue weighted by molar-refractivity contribution is 5.83. The molecule has 0 bridgehead atoms. The van der Waals surface area contributed by atoms with E-state index in [1.165, 1.54) is 12.7 Å². The van der Waals surface area contributed by atoms with Crippen LogP contribution in [0.4, 0.5) is 0 Å². The molecule has 33 heavy (non-hydrogen) atoms.